The molecule has 0 atom stereocenters. The van der Waals surface area contributed by atoms with Crippen molar-refractivity contribution in [2.75, 3.05) is 31.1 Å². The topological polar surface area (TPSA) is 23.6 Å². The molecule has 2 aromatic rings. The lowest BCUT2D eigenvalue weighted by Crippen LogP contribution is -2.48. The Hall–Kier alpha value is -2.00. The Morgan fingerprint density at radius 2 is 1.57 bits per heavy atom. The summed E-state index contributed by atoms with van der Waals surface area (Å²) < 4.78 is 0. The van der Waals surface area contributed by atoms with Gasteiger partial charge < -0.3 is 9.80 Å². The molecule has 3 nitrogen and oxygen atoms in total. The number of halogens is 1. The van der Waals surface area contributed by atoms with Crippen LogP contribution in [0.3, 0.4) is 0 Å². The van der Waals surface area contributed by atoms with Gasteiger partial charge in [0.2, 0.25) is 0 Å². The summed E-state index contributed by atoms with van der Waals surface area (Å²) in [5.41, 5.74) is 3.29. The highest BCUT2D eigenvalue weighted by Crippen LogP contribution is 2.19. The second kappa shape index (κ2) is 7.05. The molecule has 2 aromatic carbocycles. The predicted molar refractivity (Wildman–Crippen MR) is 95.4 cm³/mol. The van der Waals surface area contributed by atoms with Crippen LogP contribution in [0.2, 0.25) is 5.02 Å². The van der Waals surface area contributed by atoms with Gasteiger partial charge in [-0.3, -0.25) is 4.79 Å². The lowest BCUT2D eigenvalue weighted by Gasteiger charge is -2.36. The third kappa shape index (κ3) is 3.67. The second-order valence-corrected chi connectivity index (χ2v) is 6.24. The predicted octanol–water partition coefficient (Wildman–Crippen LogP) is 3.86. The minimum Gasteiger partial charge on any atom is -0.368 e. The molecule has 0 saturated carbocycles. The average molecular weight is 329 g/mol. The molecule has 1 aliphatic heterocycles. The Morgan fingerprint density at radius 1 is 0.957 bits per heavy atom. The quantitative estimate of drug-likeness (QED) is 0.854. The zero-order valence-electron chi connectivity index (χ0n) is 13.3. The van der Waals surface area contributed by atoms with Crippen molar-refractivity contribution < 1.29 is 4.79 Å². The van der Waals surface area contributed by atoms with Crippen LogP contribution in [0.5, 0.6) is 0 Å². The lowest BCUT2D eigenvalue weighted by atomic mass is 10.1. The minimum absolute atomic E-state index is 0.0858. The Labute approximate surface area is 142 Å². The van der Waals surface area contributed by atoms with E-state index in [4.69, 9.17) is 11.6 Å². The van der Waals surface area contributed by atoms with Crippen molar-refractivity contribution in [2.45, 2.75) is 13.3 Å². The van der Waals surface area contributed by atoms with Crippen molar-refractivity contribution in [3.8, 4) is 0 Å². The number of benzene rings is 2. The van der Waals surface area contributed by atoms with Gasteiger partial charge in [0.05, 0.1) is 0 Å². The van der Waals surface area contributed by atoms with Crippen molar-refractivity contribution in [3.05, 3.63) is 64.7 Å². The normalized spacial score (nSPS) is 14.9. The fourth-order valence-corrected chi connectivity index (χ4v) is 3.01. The zero-order chi connectivity index (χ0) is 16.2. The van der Waals surface area contributed by atoms with Crippen LogP contribution in [0.25, 0.3) is 0 Å². The van der Waals surface area contributed by atoms with Crippen LogP contribution in [0.15, 0.2) is 48.5 Å². The number of hydrogen-bond acceptors (Lipinski definition) is 2. The fourth-order valence-electron chi connectivity index (χ4n) is 2.89. The van der Waals surface area contributed by atoms with Gasteiger partial charge in [0, 0.05) is 42.5 Å². The standard InChI is InChI=1S/C19H21ClN2O/c1-2-15-3-9-18(10-4-15)21-11-13-22(14-12-21)19(23)16-5-7-17(20)8-6-16/h3-10H,2,11-14H2,1H3. The van der Waals surface area contributed by atoms with Crippen LogP contribution in [0, 0.1) is 0 Å². The summed E-state index contributed by atoms with van der Waals surface area (Å²) in [7, 11) is 0. The van der Waals surface area contributed by atoms with Crippen molar-refractivity contribution in [1.82, 2.24) is 4.90 Å². The number of anilines is 1. The van der Waals surface area contributed by atoms with E-state index in [0.717, 1.165) is 32.6 Å². The van der Waals surface area contributed by atoms with Crippen molar-refractivity contribution in [3.63, 3.8) is 0 Å². The molecule has 0 unspecified atom stereocenters. The van der Waals surface area contributed by atoms with Crippen LogP contribution in [-0.2, 0) is 6.42 Å². The van der Waals surface area contributed by atoms with E-state index in [1.807, 2.05) is 4.90 Å². The number of rotatable bonds is 3. The first-order chi connectivity index (χ1) is 11.2. The second-order valence-electron chi connectivity index (χ2n) is 5.81. The van der Waals surface area contributed by atoms with Crippen molar-refractivity contribution >= 4 is 23.2 Å². The highest BCUT2D eigenvalue weighted by Gasteiger charge is 2.22. The number of piperazine rings is 1. The summed E-state index contributed by atoms with van der Waals surface area (Å²) in [5, 5.41) is 0.655. The molecule has 0 aliphatic carbocycles. The Morgan fingerprint density at radius 3 is 2.13 bits per heavy atom. The van der Waals surface area contributed by atoms with E-state index in [0.29, 0.717) is 10.6 Å². The average Bonchev–Trinajstić information content (AvgIpc) is 2.62. The summed E-state index contributed by atoms with van der Waals surface area (Å²) in [5.74, 6) is 0.0858. The molecule has 0 spiro atoms. The highest BCUT2D eigenvalue weighted by atomic mass is 35.5. The van der Waals surface area contributed by atoms with E-state index in [9.17, 15) is 4.79 Å². The molecule has 0 N–H and O–H groups in total. The molecule has 1 heterocycles. The molecule has 1 fully saturated rings. The SMILES string of the molecule is CCc1ccc(N2CCN(C(=O)c3ccc(Cl)cc3)CC2)cc1. The first-order valence-electron chi connectivity index (χ1n) is 8.06. The van der Waals surface area contributed by atoms with Gasteiger partial charge >= 0.3 is 0 Å². The third-order valence-electron chi connectivity index (χ3n) is 4.37. The van der Waals surface area contributed by atoms with E-state index in [2.05, 4.69) is 36.1 Å². The molecule has 3 rings (SSSR count). The summed E-state index contributed by atoms with van der Waals surface area (Å²) in [6.07, 6.45) is 1.06. The zero-order valence-corrected chi connectivity index (χ0v) is 14.1. The largest absolute Gasteiger partial charge is 0.368 e. The van der Waals surface area contributed by atoms with Crippen LogP contribution >= 0.6 is 11.6 Å². The summed E-state index contributed by atoms with van der Waals surface area (Å²) in [6, 6.07) is 15.8. The summed E-state index contributed by atoms with van der Waals surface area (Å²) in [4.78, 5) is 16.8. The Kier molecular flexibility index (Phi) is 4.87. The molecule has 0 bridgehead atoms. The molecule has 1 amide bonds. The van der Waals surface area contributed by atoms with E-state index in [1.165, 1.54) is 11.3 Å². The maximum absolute atomic E-state index is 12.5. The molecule has 1 saturated heterocycles. The Balaban J connectivity index is 1.61. The molecule has 23 heavy (non-hydrogen) atoms. The third-order valence-corrected chi connectivity index (χ3v) is 4.62. The summed E-state index contributed by atoms with van der Waals surface area (Å²) in [6.45, 7) is 5.39. The van der Waals surface area contributed by atoms with Gasteiger partial charge in [-0.1, -0.05) is 30.7 Å². The van der Waals surface area contributed by atoms with E-state index in [-0.39, 0.29) is 5.91 Å². The first kappa shape index (κ1) is 15.9. The number of nitrogens with zero attached hydrogens (tertiary/aromatic N) is 2. The number of carbonyl (C=O) groups is 1. The maximum atomic E-state index is 12.5. The number of amides is 1. The molecular weight excluding hydrogens is 308 g/mol. The van der Waals surface area contributed by atoms with Gasteiger partial charge in [-0.2, -0.15) is 0 Å². The molecule has 0 aromatic heterocycles. The van der Waals surface area contributed by atoms with Gasteiger partial charge in [0.25, 0.3) is 5.91 Å². The van der Waals surface area contributed by atoms with E-state index in [1.54, 1.807) is 24.3 Å². The van der Waals surface area contributed by atoms with Gasteiger partial charge in [0.1, 0.15) is 0 Å². The van der Waals surface area contributed by atoms with Gasteiger partial charge in [-0.15, -0.1) is 0 Å². The molecule has 0 radical (unpaired) electrons. The number of aryl methyl sites for hydroxylation is 1. The van der Waals surface area contributed by atoms with Gasteiger partial charge in [-0.05, 0) is 48.4 Å². The maximum Gasteiger partial charge on any atom is 0.253 e. The fraction of sp³-hybridized carbons (Fsp3) is 0.316. The smallest absolute Gasteiger partial charge is 0.253 e. The minimum atomic E-state index is 0.0858. The van der Waals surface area contributed by atoms with Crippen LogP contribution in [0.4, 0.5) is 5.69 Å². The first-order valence-corrected chi connectivity index (χ1v) is 8.44. The lowest BCUT2D eigenvalue weighted by molar-refractivity contribution is 0.0747. The number of hydrogen-bond donors (Lipinski definition) is 0. The molecule has 1 aliphatic rings. The van der Waals surface area contributed by atoms with E-state index < -0.39 is 0 Å². The highest BCUT2D eigenvalue weighted by molar-refractivity contribution is 6.30. The summed E-state index contributed by atoms with van der Waals surface area (Å²) >= 11 is 5.88. The van der Waals surface area contributed by atoms with Gasteiger partial charge in [0.15, 0.2) is 0 Å². The monoisotopic (exact) mass is 328 g/mol. The molecular formula is C19H21ClN2O. The van der Waals surface area contributed by atoms with Crippen LogP contribution < -0.4 is 4.90 Å². The Bertz CT molecular complexity index is 659. The molecule has 120 valence electrons. The van der Waals surface area contributed by atoms with Crippen LogP contribution in [0.1, 0.15) is 22.8 Å². The van der Waals surface area contributed by atoms with Crippen LogP contribution in [-0.4, -0.2) is 37.0 Å². The van der Waals surface area contributed by atoms with E-state index >= 15 is 0 Å². The van der Waals surface area contributed by atoms with Crippen molar-refractivity contribution in [1.29, 1.82) is 0 Å². The van der Waals surface area contributed by atoms with Gasteiger partial charge in [-0.25, -0.2) is 0 Å². The van der Waals surface area contributed by atoms with Crippen molar-refractivity contribution in [2.24, 2.45) is 0 Å². The molecule has 4 heteroatoms. The number of carbonyl (C=O) groups excluding carboxylic acids is 1.